The zero-order chi connectivity index (χ0) is 12.5. The van der Waals surface area contributed by atoms with Crippen molar-refractivity contribution in [2.45, 2.75) is 18.9 Å². The van der Waals surface area contributed by atoms with Crippen LogP contribution in [0.2, 0.25) is 0 Å². The molecule has 0 aromatic carbocycles. The van der Waals surface area contributed by atoms with Crippen LogP contribution in [0.3, 0.4) is 0 Å². The number of nitro groups is 1. The van der Waals surface area contributed by atoms with E-state index in [4.69, 9.17) is 4.42 Å². The molecule has 0 unspecified atom stereocenters. The summed E-state index contributed by atoms with van der Waals surface area (Å²) in [4.78, 5) is 12.6. The van der Waals surface area contributed by atoms with Crippen LogP contribution in [0.25, 0.3) is 0 Å². The second kappa shape index (κ2) is 4.70. The number of nitrogens with one attached hydrogen (secondary N) is 1. The quantitative estimate of drug-likeness (QED) is 0.649. The first-order chi connectivity index (χ1) is 8.75. The second-order valence-corrected chi connectivity index (χ2v) is 5.00. The van der Waals surface area contributed by atoms with Crippen molar-refractivity contribution in [1.29, 1.82) is 0 Å². The lowest BCUT2D eigenvalue weighted by atomic mass is 10.1. The highest BCUT2D eigenvalue weighted by atomic mass is 16.6. The Bertz CT molecular complexity index is 436. The first-order valence-corrected chi connectivity index (χ1v) is 6.44. The fourth-order valence-electron chi connectivity index (χ4n) is 2.68. The van der Waals surface area contributed by atoms with Gasteiger partial charge in [0.1, 0.15) is 10.7 Å². The monoisotopic (exact) mass is 251 g/mol. The summed E-state index contributed by atoms with van der Waals surface area (Å²) in [7, 11) is 0. The molecule has 0 spiro atoms. The minimum Gasteiger partial charge on any atom is -0.404 e. The molecule has 98 valence electrons. The largest absolute Gasteiger partial charge is 0.433 e. The standard InChI is InChI=1S/C12H17N3O3/c16-15(17)11-4-3-10(18-11)12(9-1-2-9)14-7-5-13-6-8-14/h3-4,9,12-13H,1-2,5-8H2/t12-/m0/s1. The number of piperazine rings is 1. The van der Waals surface area contributed by atoms with E-state index < -0.39 is 4.92 Å². The third-order valence-corrected chi connectivity index (χ3v) is 3.70. The molecule has 0 bridgehead atoms. The topological polar surface area (TPSA) is 71.6 Å². The number of rotatable bonds is 4. The number of nitrogens with zero attached hydrogens (tertiary/aromatic N) is 2. The van der Waals surface area contributed by atoms with Crippen molar-refractivity contribution in [3.8, 4) is 0 Å². The highest BCUT2D eigenvalue weighted by Gasteiger charge is 2.39. The highest BCUT2D eigenvalue weighted by Crippen LogP contribution is 2.45. The molecule has 3 rings (SSSR count). The molecule has 0 amide bonds. The summed E-state index contributed by atoms with van der Waals surface area (Å²) in [5.74, 6) is 1.21. The van der Waals surface area contributed by atoms with Gasteiger partial charge in [-0.1, -0.05) is 0 Å². The minimum absolute atomic E-state index is 0.147. The van der Waals surface area contributed by atoms with Crippen LogP contribution in [0.4, 0.5) is 5.88 Å². The Morgan fingerprint density at radius 3 is 2.67 bits per heavy atom. The predicted molar refractivity (Wildman–Crippen MR) is 65.3 cm³/mol. The molecule has 0 radical (unpaired) electrons. The van der Waals surface area contributed by atoms with Crippen LogP contribution in [0.15, 0.2) is 16.5 Å². The van der Waals surface area contributed by atoms with Gasteiger partial charge in [-0.15, -0.1) is 0 Å². The average molecular weight is 251 g/mol. The zero-order valence-electron chi connectivity index (χ0n) is 10.2. The Morgan fingerprint density at radius 1 is 1.39 bits per heavy atom. The molecule has 1 aliphatic carbocycles. The van der Waals surface area contributed by atoms with Gasteiger partial charge in [-0.25, -0.2) is 0 Å². The van der Waals surface area contributed by atoms with Crippen LogP contribution in [0.5, 0.6) is 0 Å². The summed E-state index contributed by atoms with van der Waals surface area (Å²) in [6.07, 6.45) is 2.40. The van der Waals surface area contributed by atoms with E-state index in [9.17, 15) is 10.1 Å². The minimum atomic E-state index is -0.467. The molecule has 2 aliphatic rings. The van der Waals surface area contributed by atoms with Crippen molar-refractivity contribution in [3.63, 3.8) is 0 Å². The lowest BCUT2D eigenvalue weighted by Crippen LogP contribution is -2.45. The van der Waals surface area contributed by atoms with Crippen molar-refractivity contribution in [2.24, 2.45) is 5.92 Å². The summed E-state index contributed by atoms with van der Waals surface area (Å²) in [6.45, 7) is 3.92. The number of furan rings is 1. The van der Waals surface area contributed by atoms with Crippen LogP contribution in [0.1, 0.15) is 24.6 Å². The first kappa shape index (κ1) is 11.7. The smallest absolute Gasteiger partial charge is 0.404 e. The van der Waals surface area contributed by atoms with Gasteiger partial charge in [-0.3, -0.25) is 15.0 Å². The molecule has 1 saturated heterocycles. The second-order valence-electron chi connectivity index (χ2n) is 5.00. The van der Waals surface area contributed by atoms with Crippen molar-refractivity contribution in [2.75, 3.05) is 26.2 Å². The Kier molecular flexibility index (Phi) is 3.05. The van der Waals surface area contributed by atoms with Gasteiger partial charge in [0, 0.05) is 26.2 Å². The third kappa shape index (κ3) is 2.26. The fourth-order valence-corrected chi connectivity index (χ4v) is 2.68. The van der Waals surface area contributed by atoms with E-state index >= 15 is 0 Å². The molecule has 1 saturated carbocycles. The Labute approximate surface area is 105 Å². The molecular formula is C12H17N3O3. The molecule has 1 N–H and O–H groups in total. The van der Waals surface area contributed by atoms with Crippen molar-refractivity contribution < 1.29 is 9.34 Å². The maximum Gasteiger partial charge on any atom is 0.433 e. The van der Waals surface area contributed by atoms with Crippen LogP contribution in [-0.4, -0.2) is 36.0 Å². The predicted octanol–water partition coefficient (Wildman–Crippen LogP) is 1.54. The zero-order valence-corrected chi connectivity index (χ0v) is 10.2. The van der Waals surface area contributed by atoms with E-state index in [0.29, 0.717) is 5.92 Å². The van der Waals surface area contributed by atoms with Crippen LogP contribution < -0.4 is 5.32 Å². The van der Waals surface area contributed by atoms with Crippen molar-refractivity contribution in [3.05, 3.63) is 28.0 Å². The van der Waals surface area contributed by atoms with Gasteiger partial charge in [-0.2, -0.15) is 0 Å². The summed E-state index contributed by atoms with van der Waals surface area (Å²) in [5.41, 5.74) is 0. The lowest BCUT2D eigenvalue weighted by molar-refractivity contribution is -0.402. The van der Waals surface area contributed by atoms with E-state index in [-0.39, 0.29) is 11.9 Å². The van der Waals surface area contributed by atoms with Crippen LogP contribution >= 0.6 is 0 Å². The molecule has 6 heteroatoms. The number of hydrogen-bond acceptors (Lipinski definition) is 5. The van der Waals surface area contributed by atoms with Gasteiger partial charge in [0.2, 0.25) is 0 Å². The maximum absolute atomic E-state index is 10.7. The summed E-state index contributed by atoms with van der Waals surface area (Å²) in [5, 5.41) is 14.0. The Morgan fingerprint density at radius 2 is 2.11 bits per heavy atom. The van der Waals surface area contributed by atoms with Gasteiger partial charge in [-0.05, 0) is 24.8 Å². The van der Waals surface area contributed by atoms with Gasteiger partial charge < -0.3 is 9.73 Å². The van der Waals surface area contributed by atoms with E-state index in [1.165, 1.54) is 18.9 Å². The van der Waals surface area contributed by atoms with Crippen LogP contribution in [-0.2, 0) is 0 Å². The Hall–Kier alpha value is -1.40. The Balaban J connectivity index is 1.81. The molecule has 1 aromatic heterocycles. The molecule has 1 aromatic rings. The molecule has 1 aliphatic heterocycles. The van der Waals surface area contributed by atoms with Gasteiger partial charge in [0.15, 0.2) is 0 Å². The molecule has 18 heavy (non-hydrogen) atoms. The lowest BCUT2D eigenvalue weighted by Gasteiger charge is -2.33. The van der Waals surface area contributed by atoms with E-state index in [1.807, 2.05) is 0 Å². The highest BCUT2D eigenvalue weighted by molar-refractivity contribution is 5.21. The summed E-state index contributed by atoms with van der Waals surface area (Å²) < 4.78 is 5.40. The molecule has 2 heterocycles. The average Bonchev–Trinajstić information content (AvgIpc) is 3.07. The van der Waals surface area contributed by atoms with E-state index in [1.54, 1.807) is 6.07 Å². The van der Waals surface area contributed by atoms with E-state index in [2.05, 4.69) is 10.2 Å². The van der Waals surface area contributed by atoms with Crippen molar-refractivity contribution in [1.82, 2.24) is 10.2 Å². The summed E-state index contributed by atoms with van der Waals surface area (Å²) in [6, 6.07) is 3.46. The maximum atomic E-state index is 10.7. The summed E-state index contributed by atoms with van der Waals surface area (Å²) >= 11 is 0. The van der Waals surface area contributed by atoms with Gasteiger partial charge in [0.05, 0.1) is 12.1 Å². The van der Waals surface area contributed by atoms with Gasteiger partial charge in [0.25, 0.3) is 0 Å². The normalized spacial score (nSPS) is 22.9. The van der Waals surface area contributed by atoms with E-state index in [0.717, 1.165) is 31.9 Å². The molecule has 6 nitrogen and oxygen atoms in total. The third-order valence-electron chi connectivity index (χ3n) is 3.70. The van der Waals surface area contributed by atoms with Crippen molar-refractivity contribution >= 4 is 5.88 Å². The fraction of sp³-hybridized carbons (Fsp3) is 0.667. The van der Waals surface area contributed by atoms with Gasteiger partial charge >= 0.3 is 5.88 Å². The first-order valence-electron chi connectivity index (χ1n) is 6.44. The molecule has 2 fully saturated rings. The molecular weight excluding hydrogens is 234 g/mol. The molecule has 1 atom stereocenters. The number of hydrogen-bond donors (Lipinski definition) is 1. The van der Waals surface area contributed by atoms with Crippen LogP contribution in [0, 0.1) is 16.0 Å². The SMILES string of the molecule is O=[N+]([O-])c1ccc([C@H](C2CC2)N2CCNCC2)o1.